The molecule has 1 unspecified atom stereocenters. The van der Waals surface area contributed by atoms with Gasteiger partial charge in [-0.1, -0.05) is 44.2 Å². The van der Waals surface area contributed by atoms with Crippen molar-refractivity contribution in [3.8, 4) is 21.9 Å². The lowest BCUT2D eigenvalue weighted by Crippen LogP contribution is -2.44. The van der Waals surface area contributed by atoms with E-state index in [0.717, 1.165) is 61.2 Å². The van der Waals surface area contributed by atoms with Crippen molar-refractivity contribution in [3.63, 3.8) is 0 Å². The van der Waals surface area contributed by atoms with Crippen LogP contribution in [-0.2, 0) is 31.9 Å². The molecule has 0 aliphatic carbocycles. The number of thiophene rings is 1. The van der Waals surface area contributed by atoms with Gasteiger partial charge in [-0.2, -0.15) is 0 Å². The molecular weight excluding hydrogens is 648 g/mol. The number of amides is 1. The molecular formula is C33H39BrN2O7S. The Labute approximate surface area is 270 Å². The van der Waals surface area contributed by atoms with E-state index in [2.05, 4.69) is 40.4 Å². The number of aryl methyl sites for hydroxylation is 2. The van der Waals surface area contributed by atoms with Gasteiger partial charge in [-0.05, 0) is 90.4 Å². The number of rotatable bonds is 13. The number of methoxy groups -OCH3 is 1. The lowest BCUT2D eigenvalue weighted by Gasteiger charge is -2.31. The summed E-state index contributed by atoms with van der Waals surface area (Å²) in [5, 5.41) is 6.59. The van der Waals surface area contributed by atoms with Crippen molar-refractivity contribution in [1.29, 1.82) is 0 Å². The second-order valence-electron chi connectivity index (χ2n) is 10.3. The van der Waals surface area contributed by atoms with E-state index >= 15 is 0 Å². The van der Waals surface area contributed by atoms with E-state index in [0.29, 0.717) is 15.1 Å². The number of nitrogens with one attached hydrogen (secondary N) is 2. The summed E-state index contributed by atoms with van der Waals surface area (Å²) in [5.41, 5.74) is 3.79. The zero-order valence-corrected chi connectivity index (χ0v) is 27.9. The third kappa shape index (κ3) is 7.99. The Kier molecular flexibility index (Phi) is 12.2. The number of hydrogen-bond acceptors (Lipinski definition) is 9. The molecule has 2 heterocycles. The van der Waals surface area contributed by atoms with Crippen molar-refractivity contribution in [1.82, 2.24) is 5.32 Å². The van der Waals surface area contributed by atoms with Gasteiger partial charge in [0.15, 0.2) is 23.3 Å². The Bertz CT molecular complexity index is 1450. The van der Waals surface area contributed by atoms with E-state index in [9.17, 15) is 14.4 Å². The van der Waals surface area contributed by atoms with Crippen molar-refractivity contribution in [2.24, 2.45) is 5.92 Å². The van der Waals surface area contributed by atoms with Gasteiger partial charge in [-0.15, -0.1) is 11.3 Å². The van der Waals surface area contributed by atoms with Crippen LogP contribution >= 0.6 is 27.3 Å². The van der Waals surface area contributed by atoms with Crippen LogP contribution in [0.2, 0.25) is 0 Å². The van der Waals surface area contributed by atoms with Gasteiger partial charge in [0.05, 0.1) is 23.1 Å². The van der Waals surface area contributed by atoms with Gasteiger partial charge in [0.25, 0.3) is 5.91 Å². The first-order valence-corrected chi connectivity index (χ1v) is 16.5. The molecule has 0 bridgehead atoms. The van der Waals surface area contributed by atoms with Crippen molar-refractivity contribution in [2.45, 2.75) is 52.6 Å². The van der Waals surface area contributed by atoms with Crippen LogP contribution in [0.4, 0.5) is 5.69 Å². The molecule has 1 aliphatic rings. The molecule has 1 aromatic heterocycles. The van der Waals surface area contributed by atoms with Gasteiger partial charge in [-0.3, -0.25) is 4.79 Å². The standard InChI is InChI=1S/C33H39BrN2O7S/c1-5-20-10-8-11-21(6-2)27(20)36-32(38)28(22-14-16-35-17-15-22)43-24-13-9-12-23(18-24)30-26(34)29(31(44-30)33(39)40-4)42-19-25(37)41-7-3/h8-13,18,22,28,35H,5-7,14-17,19H2,1-4H3,(H,36,38). The number of piperidine rings is 1. The van der Waals surface area contributed by atoms with Crippen LogP contribution in [0, 0.1) is 5.92 Å². The topological polar surface area (TPSA) is 112 Å². The number of carbonyl (C=O) groups excluding carboxylic acids is 3. The molecule has 1 fully saturated rings. The fraction of sp³-hybridized carbons (Fsp3) is 0.424. The fourth-order valence-corrected chi connectivity index (χ4v) is 7.20. The molecule has 236 valence electrons. The monoisotopic (exact) mass is 686 g/mol. The zero-order valence-electron chi connectivity index (χ0n) is 25.5. The Morgan fingerprint density at radius 1 is 1.05 bits per heavy atom. The second kappa shape index (κ2) is 16.1. The van der Waals surface area contributed by atoms with Crippen molar-refractivity contribution in [3.05, 3.63) is 62.9 Å². The molecule has 0 spiro atoms. The van der Waals surface area contributed by atoms with Gasteiger partial charge in [0.1, 0.15) is 5.75 Å². The van der Waals surface area contributed by atoms with Gasteiger partial charge in [0.2, 0.25) is 0 Å². The number of ether oxygens (including phenoxy) is 4. The van der Waals surface area contributed by atoms with Crippen LogP contribution in [-0.4, -0.2) is 57.4 Å². The SMILES string of the molecule is CCOC(=O)COc1c(C(=O)OC)sc(-c2cccc(OC(C(=O)Nc3c(CC)cccc3CC)C3CCNCC3)c2)c1Br. The third-order valence-electron chi connectivity index (χ3n) is 7.50. The third-order valence-corrected chi connectivity index (χ3v) is 9.72. The maximum Gasteiger partial charge on any atom is 0.351 e. The summed E-state index contributed by atoms with van der Waals surface area (Å²) >= 11 is 4.73. The smallest absolute Gasteiger partial charge is 0.351 e. The highest BCUT2D eigenvalue weighted by Crippen LogP contribution is 2.46. The molecule has 0 saturated carbocycles. The number of benzene rings is 2. The number of para-hydroxylation sites is 1. The van der Waals surface area contributed by atoms with Gasteiger partial charge >= 0.3 is 11.9 Å². The minimum atomic E-state index is -0.706. The quantitative estimate of drug-likeness (QED) is 0.198. The van der Waals surface area contributed by atoms with E-state index in [4.69, 9.17) is 18.9 Å². The lowest BCUT2D eigenvalue weighted by atomic mass is 9.91. The van der Waals surface area contributed by atoms with Crippen LogP contribution in [0.15, 0.2) is 46.9 Å². The molecule has 1 amide bonds. The molecule has 0 radical (unpaired) electrons. The summed E-state index contributed by atoms with van der Waals surface area (Å²) in [5.74, 6) is -0.555. The first-order valence-electron chi connectivity index (χ1n) is 14.9. The molecule has 2 N–H and O–H groups in total. The minimum Gasteiger partial charge on any atom is -0.480 e. The molecule has 1 aliphatic heterocycles. The highest BCUT2D eigenvalue weighted by Gasteiger charge is 2.33. The van der Waals surface area contributed by atoms with E-state index in [1.54, 1.807) is 6.92 Å². The fourth-order valence-electron chi connectivity index (χ4n) is 5.24. The van der Waals surface area contributed by atoms with E-state index in [1.807, 2.05) is 42.5 Å². The van der Waals surface area contributed by atoms with Crippen molar-refractivity contribution in [2.75, 3.05) is 38.7 Å². The Hall–Kier alpha value is -3.41. The Morgan fingerprint density at radius 3 is 2.36 bits per heavy atom. The van der Waals surface area contributed by atoms with Gasteiger partial charge in [-0.25, -0.2) is 9.59 Å². The van der Waals surface area contributed by atoms with Crippen molar-refractivity contribution >= 4 is 50.8 Å². The summed E-state index contributed by atoms with van der Waals surface area (Å²) in [4.78, 5) is 39.4. The Balaban J connectivity index is 1.64. The first kappa shape index (κ1) is 33.5. The molecule has 2 aromatic carbocycles. The maximum atomic E-state index is 13.9. The van der Waals surface area contributed by atoms with Crippen LogP contribution in [0.1, 0.15) is 54.4 Å². The van der Waals surface area contributed by atoms with Gasteiger partial charge in [0, 0.05) is 11.6 Å². The predicted octanol–water partition coefficient (Wildman–Crippen LogP) is 6.42. The average Bonchev–Trinajstić information content (AvgIpc) is 3.38. The van der Waals surface area contributed by atoms with Gasteiger partial charge < -0.3 is 29.6 Å². The lowest BCUT2D eigenvalue weighted by molar-refractivity contribution is -0.145. The summed E-state index contributed by atoms with van der Waals surface area (Å²) < 4.78 is 22.6. The zero-order chi connectivity index (χ0) is 31.6. The minimum absolute atomic E-state index is 0.0288. The van der Waals surface area contributed by atoms with Crippen LogP contribution in [0.3, 0.4) is 0 Å². The first-order chi connectivity index (χ1) is 21.3. The van der Waals surface area contributed by atoms with Crippen LogP contribution < -0.4 is 20.1 Å². The summed E-state index contributed by atoms with van der Waals surface area (Å²) in [6.07, 6.45) is 2.53. The number of hydrogen-bond donors (Lipinski definition) is 2. The van der Waals surface area contributed by atoms with Crippen LogP contribution in [0.5, 0.6) is 11.5 Å². The summed E-state index contributed by atoms with van der Waals surface area (Å²) in [7, 11) is 1.29. The molecule has 3 aromatic rings. The van der Waals surface area contributed by atoms with Crippen LogP contribution in [0.25, 0.3) is 10.4 Å². The summed E-state index contributed by atoms with van der Waals surface area (Å²) in [6.45, 7) is 7.36. The number of anilines is 1. The van der Waals surface area contributed by atoms with E-state index in [1.165, 1.54) is 18.4 Å². The average molecular weight is 688 g/mol. The molecule has 4 rings (SSSR count). The maximum absolute atomic E-state index is 13.9. The molecule has 9 nitrogen and oxygen atoms in total. The number of carbonyl (C=O) groups is 3. The highest BCUT2D eigenvalue weighted by molar-refractivity contribution is 9.10. The number of esters is 2. The molecule has 11 heteroatoms. The largest absolute Gasteiger partial charge is 0.480 e. The van der Waals surface area contributed by atoms with E-state index < -0.39 is 18.0 Å². The molecule has 1 atom stereocenters. The van der Waals surface area contributed by atoms with Crippen molar-refractivity contribution < 1.29 is 33.3 Å². The molecule has 44 heavy (non-hydrogen) atoms. The van der Waals surface area contributed by atoms with E-state index in [-0.39, 0.29) is 35.7 Å². The normalized spacial score (nSPS) is 14.0. The molecule has 1 saturated heterocycles. The Morgan fingerprint density at radius 2 is 1.73 bits per heavy atom. The number of halogens is 1. The predicted molar refractivity (Wildman–Crippen MR) is 175 cm³/mol. The highest BCUT2D eigenvalue weighted by atomic mass is 79.9. The summed E-state index contributed by atoms with van der Waals surface area (Å²) in [6, 6.07) is 13.5. The second-order valence-corrected chi connectivity index (χ2v) is 12.1.